The van der Waals surface area contributed by atoms with Crippen molar-refractivity contribution in [3.8, 4) is 5.75 Å². The Morgan fingerprint density at radius 3 is 2.73 bits per heavy atom. The van der Waals surface area contributed by atoms with E-state index in [1.165, 1.54) is 0 Å². The standard InChI is InChI=1S/C13H20O2/c1-4-7-15-13-9-12(8-11(3)14)6-5-10(13)2/h5-6,9,11,14H,4,7-8H2,1-3H3. The molecule has 0 heterocycles. The predicted octanol–water partition coefficient (Wildman–Crippen LogP) is 2.71. The van der Waals surface area contributed by atoms with Gasteiger partial charge in [0.2, 0.25) is 0 Å². The Morgan fingerprint density at radius 1 is 1.40 bits per heavy atom. The van der Waals surface area contributed by atoms with Gasteiger partial charge in [0.25, 0.3) is 0 Å². The minimum Gasteiger partial charge on any atom is -0.493 e. The first-order chi connectivity index (χ1) is 7.13. The maximum Gasteiger partial charge on any atom is 0.122 e. The number of hydrogen-bond donors (Lipinski definition) is 1. The van der Waals surface area contributed by atoms with E-state index in [0.29, 0.717) is 6.42 Å². The van der Waals surface area contributed by atoms with E-state index in [2.05, 4.69) is 6.92 Å². The molecule has 0 aromatic heterocycles. The van der Waals surface area contributed by atoms with Gasteiger partial charge >= 0.3 is 0 Å². The number of benzene rings is 1. The molecule has 0 spiro atoms. The highest BCUT2D eigenvalue weighted by Gasteiger charge is 2.03. The van der Waals surface area contributed by atoms with Gasteiger partial charge in [-0.3, -0.25) is 0 Å². The molecule has 0 bridgehead atoms. The molecule has 15 heavy (non-hydrogen) atoms. The normalized spacial score (nSPS) is 12.5. The van der Waals surface area contributed by atoms with E-state index in [1.54, 1.807) is 6.92 Å². The number of aliphatic hydroxyl groups is 1. The quantitative estimate of drug-likeness (QED) is 0.806. The maximum absolute atomic E-state index is 9.30. The Balaban J connectivity index is 2.75. The zero-order valence-corrected chi connectivity index (χ0v) is 9.79. The molecule has 0 aliphatic heterocycles. The van der Waals surface area contributed by atoms with Crippen molar-refractivity contribution >= 4 is 0 Å². The van der Waals surface area contributed by atoms with Crippen LogP contribution in [0.3, 0.4) is 0 Å². The third kappa shape index (κ3) is 3.92. The highest BCUT2D eigenvalue weighted by Crippen LogP contribution is 2.20. The predicted molar refractivity (Wildman–Crippen MR) is 62.3 cm³/mol. The van der Waals surface area contributed by atoms with Gasteiger partial charge in [0.15, 0.2) is 0 Å². The van der Waals surface area contributed by atoms with Crippen LogP contribution in [0, 0.1) is 6.92 Å². The number of rotatable bonds is 5. The topological polar surface area (TPSA) is 29.5 Å². The zero-order chi connectivity index (χ0) is 11.3. The molecule has 1 unspecified atom stereocenters. The highest BCUT2D eigenvalue weighted by atomic mass is 16.5. The largest absolute Gasteiger partial charge is 0.493 e. The van der Waals surface area contributed by atoms with Crippen molar-refractivity contribution in [1.29, 1.82) is 0 Å². The highest BCUT2D eigenvalue weighted by molar-refractivity contribution is 5.36. The first-order valence-corrected chi connectivity index (χ1v) is 5.54. The summed E-state index contributed by atoms with van der Waals surface area (Å²) in [7, 11) is 0. The third-order valence-corrected chi connectivity index (χ3v) is 2.25. The van der Waals surface area contributed by atoms with Crippen molar-refractivity contribution in [1.82, 2.24) is 0 Å². The van der Waals surface area contributed by atoms with E-state index in [0.717, 1.165) is 29.9 Å². The number of aliphatic hydroxyl groups excluding tert-OH is 1. The molecule has 0 radical (unpaired) electrons. The van der Waals surface area contributed by atoms with Gasteiger partial charge in [-0.15, -0.1) is 0 Å². The van der Waals surface area contributed by atoms with E-state index in [1.807, 2.05) is 25.1 Å². The molecule has 0 saturated heterocycles. The Morgan fingerprint density at radius 2 is 2.13 bits per heavy atom. The SMILES string of the molecule is CCCOc1cc(CC(C)O)ccc1C. The van der Waals surface area contributed by atoms with Crippen LogP contribution in [0.2, 0.25) is 0 Å². The lowest BCUT2D eigenvalue weighted by atomic mass is 10.1. The smallest absolute Gasteiger partial charge is 0.122 e. The van der Waals surface area contributed by atoms with Crippen LogP contribution >= 0.6 is 0 Å². The number of hydrogen-bond acceptors (Lipinski definition) is 2. The van der Waals surface area contributed by atoms with Crippen LogP contribution in [0.15, 0.2) is 18.2 Å². The summed E-state index contributed by atoms with van der Waals surface area (Å²) in [5.74, 6) is 0.940. The van der Waals surface area contributed by atoms with Gasteiger partial charge < -0.3 is 9.84 Å². The molecular formula is C13H20O2. The first kappa shape index (κ1) is 12.1. The third-order valence-electron chi connectivity index (χ3n) is 2.25. The monoisotopic (exact) mass is 208 g/mol. The van der Waals surface area contributed by atoms with E-state index in [9.17, 15) is 5.11 Å². The Kier molecular flexibility index (Phi) is 4.63. The Bertz CT molecular complexity index is 305. The molecule has 1 aromatic rings. The second-order valence-corrected chi connectivity index (χ2v) is 4.00. The fourth-order valence-electron chi connectivity index (χ4n) is 1.48. The van der Waals surface area contributed by atoms with Gasteiger partial charge in [-0.25, -0.2) is 0 Å². The Labute approximate surface area is 91.9 Å². The van der Waals surface area contributed by atoms with Crippen LogP contribution in [0.4, 0.5) is 0 Å². The first-order valence-electron chi connectivity index (χ1n) is 5.54. The second kappa shape index (κ2) is 5.76. The van der Waals surface area contributed by atoms with Crippen molar-refractivity contribution in [3.63, 3.8) is 0 Å². The molecule has 0 saturated carbocycles. The number of aryl methyl sites for hydroxylation is 1. The summed E-state index contributed by atoms with van der Waals surface area (Å²) >= 11 is 0. The molecule has 1 N–H and O–H groups in total. The Hall–Kier alpha value is -1.02. The molecule has 2 nitrogen and oxygen atoms in total. The molecule has 0 amide bonds. The fraction of sp³-hybridized carbons (Fsp3) is 0.538. The summed E-state index contributed by atoms with van der Waals surface area (Å²) in [6, 6.07) is 6.11. The fourth-order valence-corrected chi connectivity index (χ4v) is 1.48. The number of ether oxygens (including phenoxy) is 1. The molecule has 84 valence electrons. The van der Waals surface area contributed by atoms with Gasteiger partial charge in [0.05, 0.1) is 12.7 Å². The molecule has 1 rings (SSSR count). The summed E-state index contributed by atoms with van der Waals surface area (Å²) < 4.78 is 5.63. The van der Waals surface area contributed by atoms with Crippen LogP contribution in [-0.2, 0) is 6.42 Å². The van der Waals surface area contributed by atoms with Crippen LogP contribution in [0.25, 0.3) is 0 Å². The van der Waals surface area contributed by atoms with Crippen LogP contribution in [0.1, 0.15) is 31.4 Å². The van der Waals surface area contributed by atoms with E-state index in [4.69, 9.17) is 4.74 Å². The summed E-state index contributed by atoms with van der Waals surface area (Å²) in [5, 5.41) is 9.30. The molecule has 0 aliphatic rings. The average molecular weight is 208 g/mol. The van der Waals surface area contributed by atoms with Crippen molar-refractivity contribution in [2.24, 2.45) is 0 Å². The zero-order valence-electron chi connectivity index (χ0n) is 9.79. The molecule has 0 fully saturated rings. The van der Waals surface area contributed by atoms with Crippen LogP contribution in [0.5, 0.6) is 5.75 Å². The molecule has 2 heteroatoms. The van der Waals surface area contributed by atoms with Crippen LogP contribution in [-0.4, -0.2) is 17.8 Å². The van der Waals surface area contributed by atoms with Crippen LogP contribution < -0.4 is 4.74 Å². The van der Waals surface area contributed by atoms with Gasteiger partial charge in [-0.05, 0) is 43.9 Å². The van der Waals surface area contributed by atoms with Gasteiger partial charge in [0.1, 0.15) is 5.75 Å². The van der Waals surface area contributed by atoms with Gasteiger partial charge in [0, 0.05) is 0 Å². The van der Waals surface area contributed by atoms with Gasteiger partial charge in [-0.1, -0.05) is 19.1 Å². The molecular weight excluding hydrogens is 188 g/mol. The second-order valence-electron chi connectivity index (χ2n) is 4.00. The summed E-state index contributed by atoms with van der Waals surface area (Å²) in [4.78, 5) is 0. The lowest BCUT2D eigenvalue weighted by Gasteiger charge is -2.11. The lowest BCUT2D eigenvalue weighted by Crippen LogP contribution is -2.05. The van der Waals surface area contributed by atoms with E-state index in [-0.39, 0.29) is 6.10 Å². The lowest BCUT2D eigenvalue weighted by molar-refractivity contribution is 0.195. The van der Waals surface area contributed by atoms with Crippen molar-refractivity contribution in [2.75, 3.05) is 6.61 Å². The molecule has 1 aromatic carbocycles. The summed E-state index contributed by atoms with van der Waals surface area (Å²) in [6.07, 6.45) is 1.40. The van der Waals surface area contributed by atoms with Crippen molar-refractivity contribution in [3.05, 3.63) is 29.3 Å². The minimum atomic E-state index is -0.299. The van der Waals surface area contributed by atoms with Crippen molar-refractivity contribution < 1.29 is 9.84 Å². The molecule has 1 atom stereocenters. The van der Waals surface area contributed by atoms with Crippen molar-refractivity contribution in [2.45, 2.75) is 39.7 Å². The minimum absolute atomic E-state index is 0.299. The molecule has 0 aliphatic carbocycles. The maximum atomic E-state index is 9.30. The van der Waals surface area contributed by atoms with E-state index < -0.39 is 0 Å². The summed E-state index contributed by atoms with van der Waals surface area (Å²) in [6.45, 7) is 6.68. The van der Waals surface area contributed by atoms with Gasteiger partial charge in [-0.2, -0.15) is 0 Å². The summed E-state index contributed by atoms with van der Waals surface area (Å²) in [5.41, 5.74) is 2.28. The average Bonchev–Trinajstić information content (AvgIpc) is 2.18. The van der Waals surface area contributed by atoms with E-state index >= 15 is 0 Å².